The van der Waals surface area contributed by atoms with Gasteiger partial charge in [-0.05, 0) is 12.8 Å². The van der Waals surface area contributed by atoms with Crippen molar-refractivity contribution in [3.8, 4) is 0 Å². The summed E-state index contributed by atoms with van der Waals surface area (Å²) >= 11 is 0. The van der Waals surface area contributed by atoms with E-state index in [0.29, 0.717) is 12.0 Å². The van der Waals surface area contributed by atoms with Crippen molar-refractivity contribution < 1.29 is 9.90 Å². The van der Waals surface area contributed by atoms with Crippen LogP contribution in [0.25, 0.3) is 0 Å². The molecule has 0 amide bonds. The standard InChI is InChI=1S/C10H16O2/c1-3-5-6-8-9(7-4-2)10(11)12/h4,8H,2-3,5-7H2,1H3,(H,11,12). The van der Waals surface area contributed by atoms with Crippen molar-refractivity contribution in [2.45, 2.75) is 32.6 Å². The fraction of sp³-hybridized carbons (Fsp3) is 0.500. The second-order valence-electron chi connectivity index (χ2n) is 2.67. The van der Waals surface area contributed by atoms with Crippen LogP contribution < -0.4 is 0 Å². The minimum Gasteiger partial charge on any atom is -0.478 e. The lowest BCUT2D eigenvalue weighted by atomic mass is 10.1. The van der Waals surface area contributed by atoms with Gasteiger partial charge in [-0.3, -0.25) is 0 Å². The summed E-state index contributed by atoms with van der Waals surface area (Å²) in [7, 11) is 0. The largest absolute Gasteiger partial charge is 0.478 e. The van der Waals surface area contributed by atoms with Gasteiger partial charge in [0.05, 0.1) is 0 Å². The van der Waals surface area contributed by atoms with Gasteiger partial charge in [0.2, 0.25) is 0 Å². The van der Waals surface area contributed by atoms with Crippen molar-refractivity contribution in [1.82, 2.24) is 0 Å². The van der Waals surface area contributed by atoms with E-state index in [1.54, 1.807) is 12.2 Å². The number of allylic oxidation sites excluding steroid dienone is 2. The highest BCUT2D eigenvalue weighted by molar-refractivity contribution is 5.86. The molecule has 0 spiro atoms. The lowest BCUT2D eigenvalue weighted by molar-refractivity contribution is -0.132. The van der Waals surface area contributed by atoms with Gasteiger partial charge in [0.25, 0.3) is 0 Å². The maximum absolute atomic E-state index is 10.6. The van der Waals surface area contributed by atoms with Crippen molar-refractivity contribution >= 4 is 5.97 Å². The molecule has 0 aromatic rings. The molecule has 2 nitrogen and oxygen atoms in total. The normalized spacial score (nSPS) is 11.2. The Balaban J connectivity index is 3.99. The third-order valence-electron chi connectivity index (χ3n) is 1.59. The average Bonchev–Trinajstić information content (AvgIpc) is 2.03. The molecule has 0 saturated carbocycles. The number of rotatable bonds is 6. The van der Waals surface area contributed by atoms with Crippen LogP contribution in [0.2, 0.25) is 0 Å². The lowest BCUT2D eigenvalue weighted by Gasteiger charge is -1.97. The highest BCUT2D eigenvalue weighted by Gasteiger charge is 2.02. The molecule has 0 rings (SSSR count). The molecule has 0 bridgehead atoms. The van der Waals surface area contributed by atoms with E-state index in [4.69, 9.17) is 5.11 Å². The average molecular weight is 168 g/mol. The van der Waals surface area contributed by atoms with Gasteiger partial charge < -0.3 is 5.11 Å². The Labute approximate surface area is 73.6 Å². The van der Waals surface area contributed by atoms with Gasteiger partial charge in [0, 0.05) is 5.57 Å². The van der Waals surface area contributed by atoms with E-state index >= 15 is 0 Å². The first-order chi connectivity index (χ1) is 5.72. The van der Waals surface area contributed by atoms with Gasteiger partial charge >= 0.3 is 5.97 Å². The molecule has 0 aromatic heterocycles. The third-order valence-corrected chi connectivity index (χ3v) is 1.59. The molecule has 0 unspecified atom stereocenters. The molecule has 0 radical (unpaired) electrons. The minimum atomic E-state index is -0.828. The second-order valence-corrected chi connectivity index (χ2v) is 2.67. The van der Waals surface area contributed by atoms with E-state index in [-0.39, 0.29) is 0 Å². The number of unbranched alkanes of at least 4 members (excludes halogenated alkanes) is 2. The van der Waals surface area contributed by atoms with Crippen molar-refractivity contribution in [2.75, 3.05) is 0 Å². The van der Waals surface area contributed by atoms with Crippen LogP contribution in [0.15, 0.2) is 24.3 Å². The number of hydrogen-bond acceptors (Lipinski definition) is 1. The molecule has 0 fully saturated rings. The van der Waals surface area contributed by atoms with E-state index in [2.05, 4.69) is 13.5 Å². The predicted octanol–water partition coefficient (Wildman–Crippen LogP) is 2.76. The van der Waals surface area contributed by atoms with E-state index in [0.717, 1.165) is 19.3 Å². The Morgan fingerprint density at radius 1 is 1.58 bits per heavy atom. The number of carbonyl (C=O) groups is 1. The molecular weight excluding hydrogens is 152 g/mol. The zero-order valence-corrected chi connectivity index (χ0v) is 7.55. The molecule has 2 heteroatoms. The fourth-order valence-electron chi connectivity index (χ4n) is 0.894. The first-order valence-corrected chi connectivity index (χ1v) is 4.25. The van der Waals surface area contributed by atoms with Crippen LogP contribution in [0.1, 0.15) is 32.6 Å². The maximum Gasteiger partial charge on any atom is 0.331 e. The van der Waals surface area contributed by atoms with Crippen molar-refractivity contribution in [3.63, 3.8) is 0 Å². The minimum absolute atomic E-state index is 0.457. The summed E-state index contributed by atoms with van der Waals surface area (Å²) in [4.78, 5) is 10.6. The lowest BCUT2D eigenvalue weighted by Crippen LogP contribution is -1.99. The third kappa shape index (κ3) is 4.72. The highest BCUT2D eigenvalue weighted by Crippen LogP contribution is 2.06. The number of carboxylic acids is 1. The molecule has 0 aliphatic heterocycles. The van der Waals surface area contributed by atoms with Crippen LogP contribution in [-0.4, -0.2) is 11.1 Å². The molecule has 0 heterocycles. The van der Waals surface area contributed by atoms with E-state index in [1.807, 2.05) is 0 Å². The molecule has 0 aliphatic carbocycles. The van der Waals surface area contributed by atoms with Crippen LogP contribution in [0.4, 0.5) is 0 Å². The Hall–Kier alpha value is -1.05. The van der Waals surface area contributed by atoms with E-state index in [1.165, 1.54) is 0 Å². The molecule has 1 N–H and O–H groups in total. The van der Waals surface area contributed by atoms with Crippen LogP contribution in [0.3, 0.4) is 0 Å². The Morgan fingerprint density at radius 2 is 2.25 bits per heavy atom. The monoisotopic (exact) mass is 168 g/mol. The van der Waals surface area contributed by atoms with Gasteiger partial charge in [-0.15, -0.1) is 6.58 Å². The fourth-order valence-corrected chi connectivity index (χ4v) is 0.894. The van der Waals surface area contributed by atoms with Crippen LogP contribution in [-0.2, 0) is 4.79 Å². The van der Waals surface area contributed by atoms with Crippen LogP contribution >= 0.6 is 0 Å². The van der Waals surface area contributed by atoms with Gasteiger partial charge in [-0.25, -0.2) is 4.79 Å². The maximum atomic E-state index is 10.6. The van der Waals surface area contributed by atoms with Gasteiger partial charge in [0.15, 0.2) is 0 Å². The van der Waals surface area contributed by atoms with Crippen molar-refractivity contribution in [1.29, 1.82) is 0 Å². The van der Waals surface area contributed by atoms with Crippen molar-refractivity contribution in [2.24, 2.45) is 0 Å². The first-order valence-electron chi connectivity index (χ1n) is 4.25. The summed E-state index contributed by atoms with van der Waals surface area (Å²) in [6.07, 6.45) is 6.86. The summed E-state index contributed by atoms with van der Waals surface area (Å²) < 4.78 is 0. The smallest absolute Gasteiger partial charge is 0.331 e. The summed E-state index contributed by atoms with van der Waals surface area (Å²) in [5.74, 6) is -0.828. The van der Waals surface area contributed by atoms with Crippen LogP contribution in [0.5, 0.6) is 0 Å². The SMILES string of the molecule is C=CCC(=CCCCC)C(=O)O. The summed E-state index contributed by atoms with van der Waals surface area (Å²) in [6.45, 7) is 5.59. The van der Waals surface area contributed by atoms with Gasteiger partial charge in [-0.1, -0.05) is 31.9 Å². The molecule has 0 aliphatic rings. The number of hydrogen-bond donors (Lipinski definition) is 1. The summed E-state index contributed by atoms with van der Waals surface area (Å²) in [5.41, 5.74) is 0.457. The Kier molecular flexibility index (Phi) is 6.07. The Bertz CT molecular complexity index is 180. The van der Waals surface area contributed by atoms with E-state index < -0.39 is 5.97 Å². The quantitative estimate of drug-likeness (QED) is 0.376. The summed E-state index contributed by atoms with van der Waals surface area (Å²) in [6, 6.07) is 0. The van der Waals surface area contributed by atoms with E-state index in [9.17, 15) is 4.79 Å². The Morgan fingerprint density at radius 3 is 2.67 bits per heavy atom. The highest BCUT2D eigenvalue weighted by atomic mass is 16.4. The van der Waals surface area contributed by atoms with Gasteiger partial charge in [-0.2, -0.15) is 0 Å². The second kappa shape index (κ2) is 6.65. The number of carboxylic acid groups (broad SMARTS) is 1. The van der Waals surface area contributed by atoms with Gasteiger partial charge in [0.1, 0.15) is 0 Å². The molecule has 0 saturated heterocycles. The molecule has 12 heavy (non-hydrogen) atoms. The predicted molar refractivity (Wildman–Crippen MR) is 50.1 cm³/mol. The molecule has 0 atom stereocenters. The molecular formula is C10H16O2. The molecule has 0 aromatic carbocycles. The zero-order valence-electron chi connectivity index (χ0n) is 7.55. The van der Waals surface area contributed by atoms with Crippen LogP contribution in [0, 0.1) is 0 Å². The first kappa shape index (κ1) is 11.0. The summed E-state index contributed by atoms with van der Waals surface area (Å²) in [5, 5.41) is 8.69. The zero-order chi connectivity index (χ0) is 9.40. The topological polar surface area (TPSA) is 37.3 Å². The molecule has 68 valence electrons. The van der Waals surface area contributed by atoms with Crippen molar-refractivity contribution in [3.05, 3.63) is 24.3 Å². The number of aliphatic carboxylic acids is 1.